The molecule has 0 bridgehead atoms. The van der Waals surface area contributed by atoms with Crippen LogP contribution in [-0.4, -0.2) is 29.1 Å². The molecule has 0 aromatic carbocycles. The summed E-state index contributed by atoms with van der Waals surface area (Å²) in [5.41, 5.74) is 5.29. The minimum Gasteiger partial charge on any atom is -0.371 e. The van der Waals surface area contributed by atoms with Gasteiger partial charge in [0.15, 0.2) is 0 Å². The molecule has 10 heavy (non-hydrogen) atoms. The van der Waals surface area contributed by atoms with Crippen molar-refractivity contribution in [1.29, 1.82) is 0 Å². The van der Waals surface area contributed by atoms with Crippen LogP contribution in [0, 0.1) is 0 Å². The third-order valence-corrected chi connectivity index (χ3v) is 2.86. The van der Waals surface area contributed by atoms with E-state index in [1.807, 2.05) is 6.92 Å². The van der Waals surface area contributed by atoms with E-state index in [1.165, 1.54) is 0 Å². The van der Waals surface area contributed by atoms with Gasteiger partial charge in [0.05, 0.1) is 10.8 Å². The van der Waals surface area contributed by atoms with Crippen molar-refractivity contribution in [2.75, 3.05) is 19.6 Å². The van der Waals surface area contributed by atoms with Crippen LogP contribution in [0.3, 0.4) is 0 Å². The minimum absolute atomic E-state index is 0.157. The third kappa shape index (κ3) is 3.98. The molecule has 2 N–H and O–H groups in total. The Balaban J connectivity index is 3.49. The normalized spacial score (nSPS) is 16.7. The van der Waals surface area contributed by atoms with Gasteiger partial charge in [-0.3, -0.25) is 4.21 Å². The predicted molar refractivity (Wildman–Crippen MR) is 43.2 cm³/mol. The van der Waals surface area contributed by atoms with Crippen LogP contribution in [0.2, 0.25) is 0 Å². The zero-order valence-corrected chi connectivity index (χ0v) is 7.32. The maximum Gasteiger partial charge on any atom is 0.121 e. The van der Waals surface area contributed by atoms with E-state index in [4.69, 9.17) is 10.5 Å². The second-order valence-corrected chi connectivity index (χ2v) is 3.98. The maximum absolute atomic E-state index is 11.1. The molecule has 0 aromatic heterocycles. The van der Waals surface area contributed by atoms with E-state index in [1.54, 1.807) is 7.11 Å². The number of hydrogen-bond donors (Lipinski definition) is 1. The van der Waals surface area contributed by atoms with Gasteiger partial charge in [-0.05, 0) is 13.0 Å². The van der Waals surface area contributed by atoms with Gasteiger partial charge in [0.1, 0.15) is 5.94 Å². The second-order valence-electron chi connectivity index (χ2n) is 2.18. The van der Waals surface area contributed by atoms with E-state index in [-0.39, 0.29) is 5.25 Å². The van der Waals surface area contributed by atoms with Crippen LogP contribution in [-0.2, 0) is 15.5 Å². The van der Waals surface area contributed by atoms with E-state index >= 15 is 0 Å². The van der Waals surface area contributed by atoms with Crippen LogP contribution < -0.4 is 5.73 Å². The molecule has 3 nitrogen and oxygen atoms in total. The Morgan fingerprint density at radius 3 is 2.70 bits per heavy atom. The summed E-state index contributed by atoms with van der Waals surface area (Å²) in [5.74, 6) is 0.321. The molecule has 0 aromatic rings. The summed E-state index contributed by atoms with van der Waals surface area (Å²) in [4.78, 5) is 0. The first-order valence-corrected chi connectivity index (χ1v) is 4.66. The molecule has 0 rings (SSSR count). The van der Waals surface area contributed by atoms with Gasteiger partial charge >= 0.3 is 0 Å². The molecule has 0 saturated heterocycles. The SMILES string of the molecule is COCS(=O)C(C)CCN. The van der Waals surface area contributed by atoms with Gasteiger partial charge in [-0.2, -0.15) is 0 Å². The highest BCUT2D eigenvalue weighted by Crippen LogP contribution is 1.99. The van der Waals surface area contributed by atoms with Crippen LogP contribution in [0.1, 0.15) is 13.3 Å². The zero-order valence-electron chi connectivity index (χ0n) is 6.50. The first-order chi connectivity index (χ1) is 4.72. The number of hydrogen-bond acceptors (Lipinski definition) is 3. The monoisotopic (exact) mass is 165 g/mol. The van der Waals surface area contributed by atoms with Gasteiger partial charge < -0.3 is 10.5 Å². The third-order valence-electron chi connectivity index (χ3n) is 1.26. The molecule has 0 aliphatic heterocycles. The summed E-state index contributed by atoms with van der Waals surface area (Å²) in [7, 11) is 0.682. The highest BCUT2D eigenvalue weighted by Gasteiger charge is 2.08. The lowest BCUT2D eigenvalue weighted by Crippen LogP contribution is -2.18. The van der Waals surface area contributed by atoms with Crippen LogP contribution in [0.25, 0.3) is 0 Å². The van der Waals surface area contributed by atoms with Crippen molar-refractivity contribution in [3.8, 4) is 0 Å². The zero-order chi connectivity index (χ0) is 7.98. The Hall–Kier alpha value is 0.0700. The van der Waals surface area contributed by atoms with Crippen LogP contribution in [0.4, 0.5) is 0 Å². The van der Waals surface area contributed by atoms with Crippen LogP contribution >= 0.6 is 0 Å². The second kappa shape index (κ2) is 5.82. The smallest absolute Gasteiger partial charge is 0.121 e. The molecule has 0 fully saturated rings. The molecule has 0 aliphatic carbocycles. The predicted octanol–water partition coefficient (Wildman–Crippen LogP) is 0.0763. The van der Waals surface area contributed by atoms with Crippen molar-refractivity contribution in [3.63, 3.8) is 0 Å². The highest BCUT2D eigenvalue weighted by molar-refractivity contribution is 7.85. The van der Waals surface area contributed by atoms with Gasteiger partial charge in [-0.15, -0.1) is 0 Å². The number of nitrogens with two attached hydrogens (primary N) is 1. The fraction of sp³-hybridized carbons (Fsp3) is 1.00. The molecule has 0 spiro atoms. The van der Waals surface area contributed by atoms with Gasteiger partial charge in [0.25, 0.3) is 0 Å². The fourth-order valence-electron chi connectivity index (χ4n) is 0.598. The summed E-state index contributed by atoms with van der Waals surface area (Å²) in [5, 5.41) is 0.157. The van der Waals surface area contributed by atoms with Gasteiger partial charge in [0, 0.05) is 12.4 Å². The molecule has 4 heteroatoms. The molecule has 0 amide bonds. The van der Waals surface area contributed by atoms with Gasteiger partial charge in [0.2, 0.25) is 0 Å². The molecule has 0 radical (unpaired) electrons. The lowest BCUT2D eigenvalue weighted by atomic mass is 10.3. The molecular formula is C6H15NO2S. The van der Waals surface area contributed by atoms with Crippen molar-refractivity contribution in [3.05, 3.63) is 0 Å². The standard InChI is InChI=1S/C6H15NO2S/c1-6(3-4-7)10(8)5-9-2/h6H,3-5,7H2,1-2H3. The summed E-state index contributed by atoms with van der Waals surface area (Å²) in [6.45, 7) is 2.51. The molecular weight excluding hydrogens is 150 g/mol. The molecule has 0 aliphatic rings. The number of rotatable bonds is 5. The molecule has 62 valence electrons. The summed E-state index contributed by atoms with van der Waals surface area (Å²) < 4.78 is 15.8. The maximum atomic E-state index is 11.1. The first kappa shape index (κ1) is 10.1. The van der Waals surface area contributed by atoms with Crippen molar-refractivity contribution < 1.29 is 8.95 Å². The lowest BCUT2D eigenvalue weighted by molar-refractivity contribution is 0.254. The Labute approximate surface area is 64.4 Å². The van der Waals surface area contributed by atoms with E-state index in [2.05, 4.69) is 0 Å². The van der Waals surface area contributed by atoms with Crippen molar-refractivity contribution >= 4 is 10.8 Å². The molecule has 0 heterocycles. The van der Waals surface area contributed by atoms with E-state index in [0.717, 1.165) is 6.42 Å². The summed E-state index contributed by atoms with van der Waals surface area (Å²) >= 11 is 0. The molecule has 2 atom stereocenters. The minimum atomic E-state index is -0.867. The largest absolute Gasteiger partial charge is 0.371 e. The Kier molecular flexibility index (Phi) is 5.87. The Morgan fingerprint density at radius 1 is 1.70 bits per heavy atom. The molecule has 2 unspecified atom stereocenters. The summed E-state index contributed by atoms with van der Waals surface area (Å²) in [6.07, 6.45) is 0.802. The fourth-order valence-corrected chi connectivity index (χ4v) is 1.46. The summed E-state index contributed by atoms with van der Waals surface area (Å²) in [6, 6.07) is 0. The average molecular weight is 165 g/mol. The Bertz CT molecular complexity index is 108. The average Bonchev–Trinajstić information content (AvgIpc) is 1.89. The van der Waals surface area contributed by atoms with E-state index in [9.17, 15) is 4.21 Å². The Morgan fingerprint density at radius 2 is 2.30 bits per heavy atom. The quantitative estimate of drug-likeness (QED) is 0.627. The van der Waals surface area contributed by atoms with Crippen molar-refractivity contribution in [1.82, 2.24) is 0 Å². The number of methoxy groups -OCH3 is 1. The van der Waals surface area contributed by atoms with E-state index in [0.29, 0.717) is 12.5 Å². The first-order valence-electron chi connectivity index (χ1n) is 3.28. The van der Waals surface area contributed by atoms with Gasteiger partial charge in [-0.25, -0.2) is 0 Å². The van der Waals surface area contributed by atoms with Gasteiger partial charge in [-0.1, -0.05) is 6.92 Å². The highest BCUT2D eigenvalue weighted by atomic mass is 32.2. The molecule has 0 saturated carbocycles. The van der Waals surface area contributed by atoms with Crippen LogP contribution in [0.15, 0.2) is 0 Å². The lowest BCUT2D eigenvalue weighted by Gasteiger charge is -2.07. The number of ether oxygens (including phenoxy) is 1. The van der Waals surface area contributed by atoms with E-state index < -0.39 is 10.8 Å². The van der Waals surface area contributed by atoms with Crippen molar-refractivity contribution in [2.24, 2.45) is 5.73 Å². The van der Waals surface area contributed by atoms with Crippen molar-refractivity contribution in [2.45, 2.75) is 18.6 Å². The van der Waals surface area contributed by atoms with Crippen LogP contribution in [0.5, 0.6) is 0 Å². The topological polar surface area (TPSA) is 52.3 Å².